The maximum atomic E-state index is 12.4. The molecule has 0 aliphatic carbocycles. The van der Waals surface area contributed by atoms with Crippen molar-refractivity contribution in [2.45, 2.75) is 25.8 Å². The zero-order chi connectivity index (χ0) is 14.4. The smallest absolute Gasteiger partial charge is 0.252 e. The van der Waals surface area contributed by atoms with Crippen LogP contribution in [0.2, 0.25) is 0 Å². The van der Waals surface area contributed by atoms with Gasteiger partial charge in [-0.15, -0.1) is 0 Å². The van der Waals surface area contributed by atoms with Crippen molar-refractivity contribution in [1.82, 2.24) is 5.32 Å². The van der Waals surface area contributed by atoms with Crippen molar-refractivity contribution in [3.05, 3.63) is 70.2 Å². The van der Waals surface area contributed by atoms with Gasteiger partial charge < -0.3 is 5.32 Å². The van der Waals surface area contributed by atoms with Gasteiger partial charge in [-0.3, -0.25) is 4.79 Å². The lowest BCUT2D eigenvalue weighted by molar-refractivity contribution is 0.0933. The summed E-state index contributed by atoms with van der Waals surface area (Å²) in [5, 5.41) is 3.12. The molecule has 0 heterocycles. The predicted octanol–water partition coefficient (Wildman–Crippen LogP) is 4.72. The van der Waals surface area contributed by atoms with Crippen LogP contribution in [0.3, 0.4) is 0 Å². The van der Waals surface area contributed by atoms with Crippen molar-refractivity contribution in [3.8, 4) is 0 Å². The molecule has 1 amide bonds. The zero-order valence-electron chi connectivity index (χ0n) is 11.5. The number of nitrogens with one attached hydrogen (secondary N) is 1. The van der Waals surface area contributed by atoms with Crippen molar-refractivity contribution in [2.75, 3.05) is 0 Å². The molecule has 2 nitrogen and oxygen atoms in total. The lowest BCUT2D eigenvalue weighted by atomic mass is 10.0. The molecule has 0 aromatic heterocycles. The van der Waals surface area contributed by atoms with Crippen molar-refractivity contribution >= 4 is 21.8 Å². The number of carbonyl (C=O) groups excluding carboxylic acids is 1. The third-order valence-corrected chi connectivity index (χ3v) is 3.89. The van der Waals surface area contributed by atoms with E-state index in [1.54, 1.807) is 0 Å². The molecule has 2 rings (SSSR count). The number of halogens is 1. The van der Waals surface area contributed by atoms with Gasteiger partial charge in [0.25, 0.3) is 5.91 Å². The van der Waals surface area contributed by atoms with Gasteiger partial charge in [-0.25, -0.2) is 0 Å². The fourth-order valence-corrected chi connectivity index (χ4v) is 2.64. The van der Waals surface area contributed by atoms with E-state index in [0.717, 1.165) is 22.9 Å². The Hall–Kier alpha value is -1.61. The summed E-state index contributed by atoms with van der Waals surface area (Å²) in [6.07, 6.45) is 1.95. The van der Waals surface area contributed by atoms with E-state index in [4.69, 9.17) is 0 Å². The molecule has 0 unspecified atom stereocenters. The summed E-state index contributed by atoms with van der Waals surface area (Å²) in [6, 6.07) is 17.6. The first kappa shape index (κ1) is 14.8. The van der Waals surface area contributed by atoms with E-state index >= 15 is 0 Å². The first-order valence-electron chi connectivity index (χ1n) is 6.82. The number of benzene rings is 2. The Morgan fingerprint density at radius 2 is 1.75 bits per heavy atom. The molecule has 2 aromatic carbocycles. The van der Waals surface area contributed by atoms with Gasteiger partial charge >= 0.3 is 0 Å². The van der Waals surface area contributed by atoms with Crippen LogP contribution in [0.5, 0.6) is 0 Å². The molecule has 0 saturated heterocycles. The summed E-state index contributed by atoms with van der Waals surface area (Å²) in [4.78, 5) is 12.4. The summed E-state index contributed by atoms with van der Waals surface area (Å²) in [5.74, 6) is -0.0419. The van der Waals surface area contributed by atoms with Crippen LogP contribution in [-0.4, -0.2) is 5.91 Å². The van der Waals surface area contributed by atoms with E-state index in [1.807, 2.05) is 42.5 Å². The van der Waals surface area contributed by atoms with Gasteiger partial charge in [-0.2, -0.15) is 0 Å². The average molecular weight is 332 g/mol. The molecule has 0 aliphatic heterocycles. The highest BCUT2D eigenvalue weighted by Gasteiger charge is 2.16. The van der Waals surface area contributed by atoms with Crippen LogP contribution in [0.4, 0.5) is 0 Å². The predicted molar refractivity (Wildman–Crippen MR) is 85.7 cm³/mol. The summed E-state index contributed by atoms with van der Waals surface area (Å²) < 4.78 is 0.820. The van der Waals surface area contributed by atoms with Crippen LogP contribution in [0, 0.1) is 0 Å². The monoisotopic (exact) mass is 331 g/mol. The molecule has 3 heteroatoms. The highest BCUT2D eigenvalue weighted by molar-refractivity contribution is 9.10. The molecule has 0 aliphatic rings. The number of carbonyl (C=O) groups is 1. The van der Waals surface area contributed by atoms with Crippen LogP contribution < -0.4 is 5.32 Å². The molecular formula is C17H18BrNO. The fourth-order valence-electron chi connectivity index (χ4n) is 2.18. The Balaban J connectivity index is 2.17. The Labute approximate surface area is 128 Å². The second kappa shape index (κ2) is 7.25. The quantitative estimate of drug-likeness (QED) is 0.843. The van der Waals surface area contributed by atoms with Crippen LogP contribution in [0.15, 0.2) is 59.1 Å². The molecule has 0 bridgehead atoms. The molecule has 20 heavy (non-hydrogen) atoms. The van der Waals surface area contributed by atoms with Crippen LogP contribution in [0.25, 0.3) is 0 Å². The molecule has 0 fully saturated rings. The Kier molecular flexibility index (Phi) is 5.36. The maximum absolute atomic E-state index is 12.4. The molecule has 0 radical (unpaired) electrons. The number of hydrogen-bond donors (Lipinski definition) is 1. The first-order valence-corrected chi connectivity index (χ1v) is 7.62. The SMILES string of the molecule is CCC[C@H](NC(=O)c1ccccc1Br)c1ccccc1. The zero-order valence-corrected chi connectivity index (χ0v) is 13.1. The number of rotatable bonds is 5. The topological polar surface area (TPSA) is 29.1 Å². The average Bonchev–Trinajstić information content (AvgIpc) is 2.48. The molecule has 1 N–H and O–H groups in total. The number of amides is 1. The van der Waals surface area contributed by atoms with Gasteiger partial charge in [0, 0.05) is 4.47 Å². The van der Waals surface area contributed by atoms with E-state index in [1.165, 1.54) is 0 Å². The summed E-state index contributed by atoms with van der Waals surface area (Å²) in [6.45, 7) is 2.13. The van der Waals surface area contributed by atoms with Gasteiger partial charge in [0.2, 0.25) is 0 Å². The molecule has 1 atom stereocenters. The van der Waals surface area contributed by atoms with Crippen molar-refractivity contribution in [1.29, 1.82) is 0 Å². The van der Waals surface area contributed by atoms with Gasteiger partial charge in [0.05, 0.1) is 11.6 Å². The third kappa shape index (κ3) is 3.70. The van der Waals surface area contributed by atoms with Crippen LogP contribution in [-0.2, 0) is 0 Å². The minimum atomic E-state index is -0.0419. The number of hydrogen-bond acceptors (Lipinski definition) is 1. The van der Waals surface area contributed by atoms with E-state index in [0.29, 0.717) is 5.56 Å². The molecule has 2 aromatic rings. The minimum Gasteiger partial charge on any atom is -0.345 e. The summed E-state index contributed by atoms with van der Waals surface area (Å²) in [5.41, 5.74) is 1.82. The molecular weight excluding hydrogens is 314 g/mol. The van der Waals surface area contributed by atoms with Crippen LogP contribution >= 0.6 is 15.9 Å². The third-order valence-electron chi connectivity index (χ3n) is 3.20. The van der Waals surface area contributed by atoms with Gasteiger partial charge in [-0.05, 0) is 40.0 Å². The fraction of sp³-hybridized carbons (Fsp3) is 0.235. The van der Waals surface area contributed by atoms with Crippen molar-refractivity contribution in [3.63, 3.8) is 0 Å². The van der Waals surface area contributed by atoms with Crippen LogP contribution in [0.1, 0.15) is 41.7 Å². The molecule has 104 valence electrons. The van der Waals surface area contributed by atoms with Crippen molar-refractivity contribution in [2.24, 2.45) is 0 Å². The standard InChI is InChI=1S/C17H18BrNO/c1-2-8-16(13-9-4-3-5-10-13)19-17(20)14-11-6-7-12-15(14)18/h3-7,9-12,16H,2,8H2,1H3,(H,19,20)/t16-/m0/s1. The Morgan fingerprint density at radius 3 is 2.40 bits per heavy atom. The van der Waals surface area contributed by atoms with Gasteiger partial charge in [0.1, 0.15) is 0 Å². The lowest BCUT2D eigenvalue weighted by Crippen LogP contribution is -2.28. The largest absolute Gasteiger partial charge is 0.345 e. The highest BCUT2D eigenvalue weighted by atomic mass is 79.9. The molecule has 0 saturated carbocycles. The second-order valence-corrected chi connectivity index (χ2v) is 5.56. The van der Waals surface area contributed by atoms with E-state index in [-0.39, 0.29) is 11.9 Å². The normalized spacial score (nSPS) is 11.9. The first-order chi connectivity index (χ1) is 9.72. The minimum absolute atomic E-state index is 0.0419. The Morgan fingerprint density at radius 1 is 1.10 bits per heavy atom. The highest BCUT2D eigenvalue weighted by Crippen LogP contribution is 2.21. The second-order valence-electron chi connectivity index (χ2n) is 4.71. The van der Waals surface area contributed by atoms with Crippen molar-refractivity contribution < 1.29 is 4.79 Å². The maximum Gasteiger partial charge on any atom is 0.252 e. The van der Waals surface area contributed by atoms with Gasteiger partial charge in [0.15, 0.2) is 0 Å². The van der Waals surface area contributed by atoms with E-state index in [9.17, 15) is 4.79 Å². The summed E-state index contributed by atoms with van der Waals surface area (Å²) >= 11 is 3.42. The lowest BCUT2D eigenvalue weighted by Gasteiger charge is -2.19. The summed E-state index contributed by atoms with van der Waals surface area (Å²) in [7, 11) is 0. The Bertz CT molecular complexity index is 568. The van der Waals surface area contributed by atoms with E-state index < -0.39 is 0 Å². The van der Waals surface area contributed by atoms with E-state index in [2.05, 4.69) is 40.3 Å². The molecule has 0 spiro atoms. The van der Waals surface area contributed by atoms with Gasteiger partial charge in [-0.1, -0.05) is 55.8 Å².